The zero-order valence-corrected chi connectivity index (χ0v) is 20.8. The first-order valence-corrected chi connectivity index (χ1v) is 12.6. The molecule has 0 saturated heterocycles. The lowest BCUT2D eigenvalue weighted by Crippen LogP contribution is -2.05. The van der Waals surface area contributed by atoms with Crippen molar-refractivity contribution < 1.29 is 4.74 Å². The number of hydrogen-bond donors (Lipinski definition) is 0. The minimum atomic E-state index is 0.286. The van der Waals surface area contributed by atoms with Gasteiger partial charge in [-0.1, -0.05) is 57.9 Å². The molecular weight excluding hydrogens is 516 g/mol. The van der Waals surface area contributed by atoms with E-state index in [1.54, 1.807) is 12.3 Å². The number of ether oxygens (including phenoxy) is 1. The number of thioether (sulfide) groups is 1. The van der Waals surface area contributed by atoms with Crippen molar-refractivity contribution in [1.29, 1.82) is 0 Å². The lowest BCUT2D eigenvalue weighted by atomic mass is 10.0. The number of fused-ring (bicyclic) bond motifs is 1. The van der Waals surface area contributed by atoms with E-state index in [9.17, 15) is 0 Å². The molecule has 1 aromatic heterocycles. The Morgan fingerprint density at radius 2 is 1.73 bits per heavy atom. The molecule has 6 heteroatoms. The first-order valence-electron chi connectivity index (χ1n) is 10.6. The Labute approximate surface area is 211 Å². The highest BCUT2D eigenvalue weighted by molar-refractivity contribution is 9.10. The number of hydrogen-bond acceptors (Lipinski definition) is 4. The van der Waals surface area contributed by atoms with E-state index >= 15 is 0 Å². The van der Waals surface area contributed by atoms with E-state index in [0.717, 1.165) is 39.2 Å². The number of aromatic nitrogens is 1. The molecule has 1 aliphatic rings. The summed E-state index contributed by atoms with van der Waals surface area (Å²) in [4.78, 5) is 10.4. The summed E-state index contributed by atoms with van der Waals surface area (Å²) in [5, 5.41) is 0.766. The minimum absolute atomic E-state index is 0.286. The van der Waals surface area contributed by atoms with Crippen LogP contribution in [0.25, 0.3) is 0 Å². The predicted octanol–water partition coefficient (Wildman–Crippen LogP) is 8.43. The Kier molecular flexibility index (Phi) is 6.81. The molecule has 2 heterocycles. The van der Waals surface area contributed by atoms with Crippen LogP contribution in [0.1, 0.15) is 28.4 Å². The van der Waals surface area contributed by atoms with Gasteiger partial charge >= 0.3 is 0 Å². The lowest BCUT2D eigenvalue weighted by molar-refractivity contribution is 0.306. The summed E-state index contributed by atoms with van der Waals surface area (Å²) >= 11 is 11.3. The molecule has 4 aromatic rings. The van der Waals surface area contributed by atoms with Gasteiger partial charge in [0.05, 0.1) is 5.69 Å². The van der Waals surface area contributed by atoms with Gasteiger partial charge in [-0.15, -0.1) is 11.8 Å². The molecule has 1 aliphatic heterocycles. The van der Waals surface area contributed by atoms with Crippen molar-refractivity contribution in [3.8, 4) is 5.75 Å². The Morgan fingerprint density at radius 3 is 2.48 bits per heavy atom. The number of benzene rings is 3. The number of rotatable bonds is 5. The third-order valence-electron chi connectivity index (χ3n) is 5.39. The number of pyridine rings is 1. The second-order valence-electron chi connectivity index (χ2n) is 7.69. The van der Waals surface area contributed by atoms with E-state index in [2.05, 4.69) is 75.5 Å². The van der Waals surface area contributed by atoms with Gasteiger partial charge < -0.3 is 4.74 Å². The average Bonchev–Trinajstić information content (AvgIpc) is 3.04. The lowest BCUT2D eigenvalue weighted by Gasteiger charge is -2.16. The molecule has 3 aromatic carbocycles. The zero-order chi connectivity index (χ0) is 22.6. The topological polar surface area (TPSA) is 34.5 Å². The van der Waals surface area contributed by atoms with Crippen molar-refractivity contribution in [1.82, 2.24) is 4.98 Å². The summed E-state index contributed by atoms with van der Waals surface area (Å²) in [5.74, 6) is 0.808. The second kappa shape index (κ2) is 10.1. The van der Waals surface area contributed by atoms with Crippen molar-refractivity contribution in [2.45, 2.75) is 23.2 Å². The third kappa shape index (κ3) is 5.49. The summed E-state index contributed by atoms with van der Waals surface area (Å²) in [5.41, 5.74) is 5.48. The standard InChI is InChI=1S/C27H20BrClN2OS/c28-21-10-6-20(7-11-21)26-15-24(31-23-3-1-2-4-25(23)33-26)19-8-12-22(13-9-19)32-17-18-5-14-27(29)30-16-18/h1-14,16,26H,15,17H2. The van der Waals surface area contributed by atoms with Crippen molar-refractivity contribution in [2.24, 2.45) is 4.99 Å². The van der Waals surface area contributed by atoms with Gasteiger partial charge in [-0.3, -0.25) is 4.99 Å². The summed E-state index contributed by atoms with van der Waals surface area (Å²) in [6, 6.07) is 28.8. The molecular formula is C27H20BrClN2OS. The smallest absolute Gasteiger partial charge is 0.129 e. The fourth-order valence-electron chi connectivity index (χ4n) is 3.66. The summed E-state index contributed by atoms with van der Waals surface area (Å²) < 4.78 is 7.01. The first kappa shape index (κ1) is 22.2. The Hall–Kier alpha value is -2.60. The number of halogens is 2. The molecule has 0 fully saturated rings. The molecule has 5 rings (SSSR count). The van der Waals surface area contributed by atoms with Crippen LogP contribution < -0.4 is 4.74 Å². The van der Waals surface area contributed by atoms with Crippen LogP contribution in [0.3, 0.4) is 0 Å². The van der Waals surface area contributed by atoms with E-state index in [1.165, 1.54) is 10.5 Å². The molecule has 0 saturated carbocycles. The van der Waals surface area contributed by atoms with E-state index in [0.29, 0.717) is 11.8 Å². The van der Waals surface area contributed by atoms with Crippen molar-refractivity contribution in [3.63, 3.8) is 0 Å². The van der Waals surface area contributed by atoms with Gasteiger partial charge in [-0.2, -0.15) is 0 Å². The molecule has 0 N–H and O–H groups in total. The molecule has 0 aliphatic carbocycles. The fraction of sp³-hybridized carbons (Fsp3) is 0.111. The molecule has 1 atom stereocenters. The monoisotopic (exact) mass is 534 g/mol. The van der Waals surface area contributed by atoms with Gasteiger partial charge in [0, 0.05) is 38.5 Å². The van der Waals surface area contributed by atoms with E-state index < -0.39 is 0 Å². The van der Waals surface area contributed by atoms with E-state index in [-0.39, 0.29) is 5.25 Å². The second-order valence-corrected chi connectivity index (χ2v) is 10.2. The minimum Gasteiger partial charge on any atom is -0.489 e. The van der Waals surface area contributed by atoms with E-state index in [4.69, 9.17) is 21.3 Å². The normalized spacial score (nSPS) is 15.3. The highest BCUT2D eigenvalue weighted by Crippen LogP contribution is 2.45. The number of aliphatic imine (C=N–C) groups is 1. The molecule has 0 amide bonds. The molecule has 0 spiro atoms. The van der Waals surface area contributed by atoms with Crippen LogP contribution in [0, 0.1) is 0 Å². The van der Waals surface area contributed by atoms with Gasteiger partial charge in [0.1, 0.15) is 17.5 Å². The summed E-state index contributed by atoms with van der Waals surface area (Å²) in [6.45, 7) is 0.445. The zero-order valence-electron chi connectivity index (χ0n) is 17.6. The van der Waals surface area contributed by atoms with Gasteiger partial charge in [-0.05, 0) is 65.7 Å². The first-order chi connectivity index (χ1) is 16.1. The van der Waals surface area contributed by atoms with Gasteiger partial charge in [-0.25, -0.2) is 4.98 Å². The van der Waals surface area contributed by atoms with Crippen LogP contribution in [0.15, 0.2) is 105 Å². The van der Waals surface area contributed by atoms with Crippen LogP contribution in [-0.2, 0) is 6.61 Å². The maximum atomic E-state index is 5.93. The molecule has 1 unspecified atom stereocenters. The largest absolute Gasteiger partial charge is 0.489 e. The summed E-state index contributed by atoms with van der Waals surface area (Å²) in [7, 11) is 0. The van der Waals surface area contributed by atoms with E-state index in [1.807, 2.05) is 36.0 Å². The third-order valence-corrected chi connectivity index (χ3v) is 7.47. The fourth-order valence-corrected chi connectivity index (χ4v) is 5.27. The Morgan fingerprint density at radius 1 is 0.939 bits per heavy atom. The van der Waals surface area contributed by atoms with Gasteiger partial charge in [0.15, 0.2) is 0 Å². The SMILES string of the molecule is Clc1ccc(COc2ccc(C3=Nc4ccccc4SC(c4ccc(Br)cc4)C3)cc2)cn1. The van der Waals surface area contributed by atoms with Crippen molar-refractivity contribution in [2.75, 3.05) is 0 Å². The molecule has 0 radical (unpaired) electrons. The Bertz CT molecular complexity index is 1280. The highest BCUT2D eigenvalue weighted by atomic mass is 79.9. The van der Waals surface area contributed by atoms with Crippen LogP contribution in [-0.4, -0.2) is 10.7 Å². The molecule has 164 valence electrons. The van der Waals surface area contributed by atoms with Crippen molar-refractivity contribution >= 4 is 50.7 Å². The highest BCUT2D eigenvalue weighted by Gasteiger charge is 2.22. The molecule has 0 bridgehead atoms. The molecule has 3 nitrogen and oxygen atoms in total. The van der Waals surface area contributed by atoms with Gasteiger partial charge in [0.2, 0.25) is 0 Å². The summed E-state index contributed by atoms with van der Waals surface area (Å²) in [6.07, 6.45) is 2.58. The predicted molar refractivity (Wildman–Crippen MR) is 140 cm³/mol. The molecule has 33 heavy (non-hydrogen) atoms. The van der Waals surface area contributed by atoms with Crippen molar-refractivity contribution in [3.05, 3.63) is 117 Å². The van der Waals surface area contributed by atoms with Crippen LogP contribution in [0.5, 0.6) is 5.75 Å². The maximum absolute atomic E-state index is 5.93. The van der Waals surface area contributed by atoms with Crippen LogP contribution in [0.4, 0.5) is 5.69 Å². The number of nitrogens with zero attached hydrogens (tertiary/aromatic N) is 2. The van der Waals surface area contributed by atoms with Crippen LogP contribution >= 0.6 is 39.3 Å². The quantitative estimate of drug-likeness (QED) is 0.240. The Balaban J connectivity index is 1.38. The van der Waals surface area contributed by atoms with Gasteiger partial charge in [0.25, 0.3) is 0 Å². The van der Waals surface area contributed by atoms with Crippen LogP contribution in [0.2, 0.25) is 5.15 Å². The number of para-hydroxylation sites is 1. The average molecular weight is 536 g/mol. The maximum Gasteiger partial charge on any atom is 0.129 e.